The normalized spacial score (nSPS) is 12.7. The van der Waals surface area contributed by atoms with Crippen LogP contribution < -0.4 is 9.64 Å². The van der Waals surface area contributed by atoms with E-state index < -0.39 is 0 Å². The predicted molar refractivity (Wildman–Crippen MR) is 108 cm³/mol. The third kappa shape index (κ3) is 2.56. The maximum absolute atomic E-state index is 5.29. The highest BCUT2D eigenvalue weighted by molar-refractivity contribution is 5.82. The lowest BCUT2D eigenvalue weighted by Gasteiger charge is -2.30. The summed E-state index contributed by atoms with van der Waals surface area (Å²) in [4.78, 5) is 7.43. The molecule has 27 heavy (non-hydrogen) atoms. The van der Waals surface area contributed by atoms with Crippen molar-refractivity contribution in [3.63, 3.8) is 0 Å². The minimum atomic E-state index is 0.826. The summed E-state index contributed by atoms with van der Waals surface area (Å²) in [5.41, 5.74) is 7.09. The summed E-state index contributed by atoms with van der Waals surface area (Å²) < 4.78 is 7.52. The van der Waals surface area contributed by atoms with E-state index in [9.17, 15) is 0 Å². The van der Waals surface area contributed by atoms with Crippen LogP contribution in [0.4, 0.5) is 5.82 Å². The second kappa shape index (κ2) is 6.16. The molecule has 0 saturated carbocycles. The number of imidazole rings is 1. The molecule has 134 valence electrons. The van der Waals surface area contributed by atoms with Gasteiger partial charge in [-0.15, -0.1) is 0 Å². The lowest BCUT2D eigenvalue weighted by molar-refractivity contribution is 0.414. The fourth-order valence-electron chi connectivity index (χ4n) is 3.93. The zero-order valence-electron chi connectivity index (χ0n) is 15.5. The van der Waals surface area contributed by atoms with Gasteiger partial charge in [-0.05, 0) is 41.8 Å². The van der Waals surface area contributed by atoms with Gasteiger partial charge in [0.2, 0.25) is 0 Å². The van der Waals surface area contributed by atoms with Crippen molar-refractivity contribution in [1.29, 1.82) is 0 Å². The SMILES string of the molecule is COc1ccc(CN2Cc3ccccc3-c3nc4c(C)cccn4c32)cc1. The first-order chi connectivity index (χ1) is 13.2. The van der Waals surface area contributed by atoms with Gasteiger partial charge in [-0.25, -0.2) is 4.98 Å². The Kier molecular flexibility index (Phi) is 3.64. The number of anilines is 1. The number of benzene rings is 2. The van der Waals surface area contributed by atoms with E-state index in [-0.39, 0.29) is 0 Å². The molecule has 0 aliphatic carbocycles. The number of aryl methyl sites for hydroxylation is 1. The molecule has 0 N–H and O–H groups in total. The van der Waals surface area contributed by atoms with Crippen molar-refractivity contribution in [2.24, 2.45) is 0 Å². The summed E-state index contributed by atoms with van der Waals surface area (Å²) in [6.45, 7) is 3.82. The van der Waals surface area contributed by atoms with Gasteiger partial charge < -0.3 is 9.64 Å². The molecule has 4 aromatic rings. The number of fused-ring (bicyclic) bond motifs is 5. The highest BCUT2D eigenvalue weighted by Gasteiger charge is 2.27. The highest BCUT2D eigenvalue weighted by atomic mass is 16.5. The quantitative estimate of drug-likeness (QED) is 0.527. The summed E-state index contributed by atoms with van der Waals surface area (Å²) in [6, 6.07) is 21.1. The van der Waals surface area contributed by atoms with Crippen LogP contribution in [0.25, 0.3) is 16.9 Å². The molecule has 0 fully saturated rings. The molecule has 0 radical (unpaired) electrons. The van der Waals surface area contributed by atoms with Crippen LogP contribution in [0, 0.1) is 6.92 Å². The lowest BCUT2D eigenvalue weighted by Crippen LogP contribution is -2.27. The number of pyridine rings is 1. The molecular formula is C23H21N3O. The summed E-state index contributed by atoms with van der Waals surface area (Å²) in [5, 5.41) is 0. The van der Waals surface area contributed by atoms with Gasteiger partial charge in [0.25, 0.3) is 0 Å². The Morgan fingerprint density at radius 1 is 1.00 bits per heavy atom. The Balaban J connectivity index is 1.65. The first-order valence-electron chi connectivity index (χ1n) is 9.18. The van der Waals surface area contributed by atoms with Crippen LogP contribution in [0.1, 0.15) is 16.7 Å². The van der Waals surface area contributed by atoms with Crippen LogP contribution in [-0.2, 0) is 13.1 Å². The van der Waals surface area contributed by atoms with Crippen LogP contribution in [0.3, 0.4) is 0 Å². The summed E-state index contributed by atoms with van der Waals surface area (Å²) >= 11 is 0. The number of nitrogens with zero attached hydrogens (tertiary/aromatic N) is 3. The molecular weight excluding hydrogens is 334 g/mol. The zero-order valence-corrected chi connectivity index (χ0v) is 15.5. The van der Waals surface area contributed by atoms with Crippen molar-refractivity contribution in [3.05, 3.63) is 83.6 Å². The van der Waals surface area contributed by atoms with Crippen LogP contribution in [0.15, 0.2) is 66.9 Å². The van der Waals surface area contributed by atoms with Gasteiger partial charge in [0.05, 0.1) is 7.11 Å². The van der Waals surface area contributed by atoms with Crippen molar-refractivity contribution in [2.45, 2.75) is 20.0 Å². The molecule has 0 saturated heterocycles. The predicted octanol–water partition coefficient (Wildman–Crippen LogP) is 4.84. The fraction of sp³-hybridized carbons (Fsp3) is 0.174. The Bertz CT molecular complexity index is 1130. The molecule has 4 nitrogen and oxygen atoms in total. The fourth-order valence-corrected chi connectivity index (χ4v) is 3.93. The highest BCUT2D eigenvalue weighted by Crippen LogP contribution is 2.40. The molecule has 4 heteroatoms. The second-order valence-electron chi connectivity index (χ2n) is 7.03. The molecule has 0 atom stereocenters. The Labute approximate surface area is 158 Å². The van der Waals surface area contributed by atoms with Gasteiger partial charge in [-0.1, -0.05) is 42.5 Å². The van der Waals surface area contributed by atoms with E-state index in [1.54, 1.807) is 7.11 Å². The summed E-state index contributed by atoms with van der Waals surface area (Å²) in [5.74, 6) is 2.05. The van der Waals surface area contributed by atoms with E-state index in [1.165, 1.54) is 28.1 Å². The standard InChI is InChI=1S/C23H21N3O/c1-16-6-5-13-26-22(16)24-21-20-8-4-3-7-18(20)15-25(23(21)26)14-17-9-11-19(27-2)12-10-17/h3-13H,14-15H2,1-2H3. The third-order valence-electron chi connectivity index (χ3n) is 5.29. The topological polar surface area (TPSA) is 29.8 Å². The van der Waals surface area contributed by atoms with E-state index in [2.05, 4.69) is 71.0 Å². The van der Waals surface area contributed by atoms with E-state index in [0.717, 1.165) is 30.2 Å². The van der Waals surface area contributed by atoms with Crippen molar-refractivity contribution in [2.75, 3.05) is 12.0 Å². The Morgan fingerprint density at radius 2 is 1.81 bits per heavy atom. The van der Waals surface area contributed by atoms with E-state index >= 15 is 0 Å². The van der Waals surface area contributed by atoms with Crippen LogP contribution in [0.5, 0.6) is 5.75 Å². The number of ether oxygens (including phenoxy) is 1. The molecule has 5 rings (SSSR count). The van der Waals surface area contributed by atoms with E-state index in [4.69, 9.17) is 9.72 Å². The molecule has 1 aliphatic heterocycles. The molecule has 0 unspecified atom stereocenters. The van der Waals surface area contributed by atoms with Gasteiger partial charge in [0, 0.05) is 24.8 Å². The third-order valence-corrected chi connectivity index (χ3v) is 5.29. The monoisotopic (exact) mass is 355 g/mol. The van der Waals surface area contributed by atoms with Gasteiger partial charge >= 0.3 is 0 Å². The first-order valence-corrected chi connectivity index (χ1v) is 9.18. The molecule has 0 bridgehead atoms. The van der Waals surface area contributed by atoms with Crippen molar-refractivity contribution < 1.29 is 4.74 Å². The molecule has 2 aromatic heterocycles. The Morgan fingerprint density at radius 3 is 2.63 bits per heavy atom. The molecule has 3 heterocycles. The minimum Gasteiger partial charge on any atom is -0.497 e. The molecule has 0 spiro atoms. The summed E-state index contributed by atoms with van der Waals surface area (Å²) in [7, 11) is 1.70. The number of methoxy groups -OCH3 is 1. The Hall–Kier alpha value is -3.27. The maximum atomic E-state index is 5.29. The number of aromatic nitrogens is 2. The van der Waals surface area contributed by atoms with Crippen molar-refractivity contribution in [1.82, 2.24) is 9.38 Å². The van der Waals surface area contributed by atoms with Gasteiger partial charge in [0.15, 0.2) is 0 Å². The largest absolute Gasteiger partial charge is 0.497 e. The lowest BCUT2D eigenvalue weighted by atomic mass is 9.99. The maximum Gasteiger partial charge on any atom is 0.142 e. The number of hydrogen-bond donors (Lipinski definition) is 0. The number of rotatable bonds is 3. The average Bonchev–Trinajstić information content (AvgIpc) is 3.10. The van der Waals surface area contributed by atoms with Crippen LogP contribution in [-0.4, -0.2) is 16.5 Å². The van der Waals surface area contributed by atoms with Gasteiger partial charge in [-0.2, -0.15) is 0 Å². The number of hydrogen-bond acceptors (Lipinski definition) is 3. The average molecular weight is 355 g/mol. The van der Waals surface area contributed by atoms with Gasteiger partial charge in [0.1, 0.15) is 22.9 Å². The second-order valence-corrected chi connectivity index (χ2v) is 7.03. The van der Waals surface area contributed by atoms with Crippen LogP contribution >= 0.6 is 0 Å². The van der Waals surface area contributed by atoms with Crippen LogP contribution in [0.2, 0.25) is 0 Å². The van der Waals surface area contributed by atoms with Crippen molar-refractivity contribution in [3.8, 4) is 17.0 Å². The van der Waals surface area contributed by atoms with E-state index in [1.807, 2.05) is 12.1 Å². The summed E-state index contributed by atoms with van der Waals surface area (Å²) in [6.07, 6.45) is 2.11. The first kappa shape index (κ1) is 15.9. The molecule has 0 amide bonds. The van der Waals surface area contributed by atoms with Gasteiger partial charge in [-0.3, -0.25) is 4.40 Å². The minimum absolute atomic E-state index is 0.826. The molecule has 1 aliphatic rings. The smallest absolute Gasteiger partial charge is 0.142 e. The van der Waals surface area contributed by atoms with E-state index in [0.29, 0.717) is 0 Å². The zero-order chi connectivity index (χ0) is 18.4. The van der Waals surface area contributed by atoms with Crippen molar-refractivity contribution >= 4 is 11.5 Å². The molecule has 2 aromatic carbocycles.